The minimum atomic E-state index is -1.19. The highest BCUT2D eigenvalue weighted by molar-refractivity contribution is 9.10. The van der Waals surface area contributed by atoms with E-state index in [0.717, 1.165) is 0 Å². The molecule has 0 amide bonds. The summed E-state index contributed by atoms with van der Waals surface area (Å²) in [4.78, 5) is 0. The fraction of sp³-hybridized carbons (Fsp3) is 0.200. The highest BCUT2D eigenvalue weighted by Gasteiger charge is 2.19. The third-order valence-corrected chi connectivity index (χ3v) is 1.29. The van der Waals surface area contributed by atoms with Crippen molar-refractivity contribution < 1.29 is 0 Å². The molecule has 0 N–H and O–H groups in total. The lowest BCUT2D eigenvalue weighted by Crippen LogP contribution is -2.08. The minimum absolute atomic E-state index is 1.19. The summed E-state index contributed by atoms with van der Waals surface area (Å²) < 4.78 is -1.19. The molecule has 0 radical (unpaired) electrons. The van der Waals surface area contributed by atoms with Crippen LogP contribution in [0.2, 0.25) is 0 Å². The number of rotatable bonds is 1. The van der Waals surface area contributed by atoms with E-state index in [0.29, 0.717) is 0 Å². The standard InChI is InChI=1S/C5H3BrN2/c1-2-5(6,3-7)4-8/h2H,1H2. The molecule has 0 spiro atoms. The zero-order chi connectivity index (χ0) is 6.62. The zero-order valence-electron chi connectivity index (χ0n) is 4.06. The Bertz CT molecular complexity index is 158. The fourth-order valence-electron chi connectivity index (χ4n) is 0.116. The van der Waals surface area contributed by atoms with Gasteiger partial charge in [0.05, 0.1) is 0 Å². The van der Waals surface area contributed by atoms with Crippen LogP contribution in [0, 0.1) is 22.7 Å². The Balaban J connectivity index is 4.34. The SMILES string of the molecule is C=CC(Br)(C#N)C#N. The Morgan fingerprint density at radius 3 is 1.88 bits per heavy atom. The molecule has 0 unspecified atom stereocenters. The summed E-state index contributed by atoms with van der Waals surface area (Å²) in [6.45, 7) is 3.28. The number of nitrogens with zero attached hydrogens (tertiary/aromatic N) is 2. The number of halogens is 1. The van der Waals surface area contributed by atoms with E-state index >= 15 is 0 Å². The normalized spacial score (nSPS) is 8.88. The first-order valence-corrected chi connectivity index (χ1v) is 2.63. The largest absolute Gasteiger partial charge is 0.215 e. The maximum absolute atomic E-state index is 8.19. The lowest BCUT2D eigenvalue weighted by atomic mass is 10.2. The molecule has 0 aromatic carbocycles. The third-order valence-electron chi connectivity index (χ3n) is 0.607. The van der Waals surface area contributed by atoms with Crippen molar-refractivity contribution in [1.29, 1.82) is 10.5 Å². The second-order valence-corrected chi connectivity index (χ2v) is 2.39. The summed E-state index contributed by atoms with van der Waals surface area (Å²) in [6, 6.07) is 3.43. The van der Waals surface area contributed by atoms with Gasteiger partial charge < -0.3 is 0 Å². The molecule has 0 aromatic heterocycles. The average Bonchev–Trinajstić information content (AvgIpc) is 1.87. The maximum atomic E-state index is 8.19. The van der Waals surface area contributed by atoms with Crippen LogP contribution in [0.1, 0.15) is 0 Å². The molecule has 0 heterocycles. The number of hydrogen-bond donors (Lipinski definition) is 0. The van der Waals surface area contributed by atoms with Crippen molar-refractivity contribution in [1.82, 2.24) is 0 Å². The van der Waals surface area contributed by atoms with E-state index in [9.17, 15) is 0 Å². The number of nitriles is 2. The summed E-state index contributed by atoms with van der Waals surface area (Å²) in [6.07, 6.45) is 1.24. The van der Waals surface area contributed by atoms with Gasteiger partial charge in [-0.2, -0.15) is 10.5 Å². The smallest absolute Gasteiger partial charge is 0.195 e. The topological polar surface area (TPSA) is 47.6 Å². The number of alkyl halides is 1. The second-order valence-electron chi connectivity index (χ2n) is 1.14. The second kappa shape index (κ2) is 2.49. The van der Waals surface area contributed by atoms with Crippen LogP contribution in [0.4, 0.5) is 0 Å². The van der Waals surface area contributed by atoms with Crippen LogP contribution in [0.5, 0.6) is 0 Å². The first-order valence-electron chi connectivity index (χ1n) is 1.83. The van der Waals surface area contributed by atoms with E-state index in [1.807, 2.05) is 0 Å². The third kappa shape index (κ3) is 1.36. The van der Waals surface area contributed by atoms with Crippen LogP contribution < -0.4 is 0 Å². The molecule has 0 rings (SSSR count). The van der Waals surface area contributed by atoms with Crippen LogP contribution in [0.3, 0.4) is 0 Å². The predicted molar refractivity (Wildman–Crippen MR) is 33.1 cm³/mol. The zero-order valence-corrected chi connectivity index (χ0v) is 5.64. The van der Waals surface area contributed by atoms with E-state index in [4.69, 9.17) is 10.5 Å². The van der Waals surface area contributed by atoms with Crippen molar-refractivity contribution in [3.8, 4) is 12.1 Å². The van der Waals surface area contributed by atoms with Crippen LogP contribution in [0.25, 0.3) is 0 Å². The Hall–Kier alpha value is -0.800. The molecule has 0 aliphatic heterocycles. The van der Waals surface area contributed by atoms with Crippen LogP contribution >= 0.6 is 15.9 Å². The van der Waals surface area contributed by atoms with E-state index in [2.05, 4.69) is 22.5 Å². The first kappa shape index (κ1) is 7.20. The molecule has 2 nitrogen and oxygen atoms in total. The van der Waals surface area contributed by atoms with Gasteiger partial charge in [-0.15, -0.1) is 0 Å². The van der Waals surface area contributed by atoms with Gasteiger partial charge >= 0.3 is 0 Å². The van der Waals surface area contributed by atoms with Gasteiger partial charge in [0.25, 0.3) is 0 Å². The van der Waals surface area contributed by atoms with Crippen LogP contribution in [-0.4, -0.2) is 4.32 Å². The molecule has 8 heavy (non-hydrogen) atoms. The van der Waals surface area contributed by atoms with Crippen molar-refractivity contribution in [3.63, 3.8) is 0 Å². The molecular formula is C5H3BrN2. The number of hydrogen-bond acceptors (Lipinski definition) is 2. The fourth-order valence-corrected chi connectivity index (χ4v) is 0.116. The highest BCUT2D eigenvalue weighted by Crippen LogP contribution is 2.15. The van der Waals surface area contributed by atoms with Gasteiger partial charge in [-0.25, -0.2) is 0 Å². The Labute approximate surface area is 56.2 Å². The van der Waals surface area contributed by atoms with Crippen molar-refractivity contribution in [2.45, 2.75) is 4.32 Å². The maximum Gasteiger partial charge on any atom is 0.215 e. The molecule has 0 saturated heterocycles. The molecule has 0 aliphatic rings. The number of allylic oxidation sites excluding steroid dienone is 1. The van der Waals surface area contributed by atoms with E-state index in [-0.39, 0.29) is 0 Å². The first-order chi connectivity index (χ1) is 3.68. The molecule has 0 bridgehead atoms. The monoisotopic (exact) mass is 170 g/mol. The summed E-state index contributed by atoms with van der Waals surface area (Å²) >= 11 is 2.84. The molecule has 0 aromatic rings. The van der Waals surface area contributed by atoms with Gasteiger partial charge in [0.2, 0.25) is 4.32 Å². The molecular weight excluding hydrogens is 168 g/mol. The highest BCUT2D eigenvalue weighted by atomic mass is 79.9. The Morgan fingerprint density at radius 1 is 1.50 bits per heavy atom. The van der Waals surface area contributed by atoms with E-state index in [1.165, 1.54) is 6.08 Å². The molecule has 40 valence electrons. The van der Waals surface area contributed by atoms with Crippen molar-refractivity contribution >= 4 is 15.9 Å². The van der Waals surface area contributed by atoms with Gasteiger partial charge in [0.1, 0.15) is 12.1 Å². The molecule has 0 saturated carbocycles. The molecule has 0 aliphatic carbocycles. The Morgan fingerprint density at radius 2 is 1.88 bits per heavy atom. The quantitative estimate of drug-likeness (QED) is 0.441. The Kier molecular flexibility index (Phi) is 2.24. The average molecular weight is 171 g/mol. The van der Waals surface area contributed by atoms with Gasteiger partial charge in [0.15, 0.2) is 0 Å². The van der Waals surface area contributed by atoms with Crippen LogP contribution in [0.15, 0.2) is 12.7 Å². The van der Waals surface area contributed by atoms with Gasteiger partial charge in [-0.05, 0) is 22.0 Å². The lowest BCUT2D eigenvalue weighted by molar-refractivity contribution is 1.18. The summed E-state index contributed by atoms with van der Waals surface area (Å²) in [7, 11) is 0. The summed E-state index contributed by atoms with van der Waals surface area (Å²) in [5.74, 6) is 0. The van der Waals surface area contributed by atoms with Crippen molar-refractivity contribution in [2.24, 2.45) is 0 Å². The van der Waals surface area contributed by atoms with Crippen molar-refractivity contribution in [3.05, 3.63) is 12.7 Å². The van der Waals surface area contributed by atoms with Gasteiger partial charge in [0, 0.05) is 0 Å². The summed E-state index contributed by atoms with van der Waals surface area (Å²) in [5, 5.41) is 16.4. The minimum Gasteiger partial charge on any atom is -0.195 e. The molecule has 0 fully saturated rings. The van der Waals surface area contributed by atoms with E-state index in [1.54, 1.807) is 12.1 Å². The van der Waals surface area contributed by atoms with Crippen molar-refractivity contribution in [2.75, 3.05) is 0 Å². The lowest BCUT2D eigenvalue weighted by Gasteiger charge is -1.97. The predicted octanol–water partition coefficient (Wildman–Crippen LogP) is 1.35. The molecule has 3 heteroatoms. The van der Waals surface area contributed by atoms with Gasteiger partial charge in [-0.1, -0.05) is 6.58 Å². The van der Waals surface area contributed by atoms with Crippen LogP contribution in [-0.2, 0) is 0 Å². The summed E-state index contributed by atoms with van der Waals surface area (Å²) in [5.41, 5.74) is 0. The van der Waals surface area contributed by atoms with E-state index < -0.39 is 4.32 Å². The molecule has 0 atom stereocenters. The van der Waals surface area contributed by atoms with Gasteiger partial charge in [-0.3, -0.25) is 0 Å².